The van der Waals surface area contributed by atoms with Gasteiger partial charge in [0.25, 0.3) is 5.91 Å². The molecule has 0 spiro atoms. The molecule has 0 radical (unpaired) electrons. The Morgan fingerprint density at radius 3 is 2.74 bits per heavy atom. The maximum Gasteiger partial charge on any atom is 0.390 e. The summed E-state index contributed by atoms with van der Waals surface area (Å²) in [6.07, 6.45) is 2.16. The fraction of sp³-hybridized carbons (Fsp3) is 0.381. The predicted octanol–water partition coefficient (Wildman–Crippen LogP) is 4.68. The lowest BCUT2D eigenvalue weighted by atomic mass is 10.0. The Morgan fingerprint density at radius 2 is 2.10 bits per heavy atom. The monoisotopic (exact) mass is 449 g/mol. The summed E-state index contributed by atoms with van der Waals surface area (Å²) in [5, 5.41) is 6.41. The normalized spacial score (nSPS) is 14.1. The molecule has 2 aromatic heterocycles. The van der Waals surface area contributed by atoms with E-state index < -0.39 is 12.6 Å². The zero-order chi connectivity index (χ0) is 22.2. The number of anilines is 1. The first-order valence-corrected chi connectivity index (χ1v) is 11.1. The molecule has 1 aliphatic rings. The average molecular weight is 450 g/mol. The molecule has 1 amide bonds. The number of halogens is 3. The molecule has 0 saturated heterocycles. The minimum atomic E-state index is -4.24. The number of imidazole rings is 1. The molecular weight excluding hydrogens is 427 g/mol. The Hall–Kier alpha value is -2.75. The van der Waals surface area contributed by atoms with Crippen LogP contribution in [0, 0.1) is 6.92 Å². The molecule has 1 saturated carbocycles. The molecule has 0 unspecified atom stereocenters. The van der Waals surface area contributed by atoms with E-state index in [1.807, 2.05) is 29.7 Å². The van der Waals surface area contributed by atoms with Crippen molar-refractivity contribution in [2.45, 2.75) is 43.4 Å². The van der Waals surface area contributed by atoms with E-state index in [1.54, 1.807) is 18.5 Å². The van der Waals surface area contributed by atoms with Gasteiger partial charge in [-0.3, -0.25) is 9.20 Å². The summed E-state index contributed by atoms with van der Waals surface area (Å²) < 4.78 is 39.4. The Labute approximate surface area is 181 Å². The lowest BCUT2D eigenvalue weighted by Gasteiger charge is -2.12. The quantitative estimate of drug-likeness (QED) is 0.513. The van der Waals surface area contributed by atoms with Crippen LogP contribution in [-0.2, 0) is 0 Å². The summed E-state index contributed by atoms with van der Waals surface area (Å²) >= 11 is 1.39. The number of alkyl halides is 3. The van der Waals surface area contributed by atoms with Crippen molar-refractivity contribution < 1.29 is 18.0 Å². The van der Waals surface area contributed by atoms with Crippen molar-refractivity contribution in [2.24, 2.45) is 0 Å². The van der Waals surface area contributed by atoms with Crippen LogP contribution in [-0.4, -0.2) is 45.3 Å². The summed E-state index contributed by atoms with van der Waals surface area (Å²) in [7, 11) is 0. The molecule has 10 heteroatoms. The van der Waals surface area contributed by atoms with Crippen LogP contribution in [0.4, 0.5) is 19.0 Å². The number of thioether (sulfide) groups is 1. The molecule has 1 aliphatic carbocycles. The van der Waals surface area contributed by atoms with Gasteiger partial charge in [-0.2, -0.15) is 13.2 Å². The molecule has 2 heterocycles. The number of hydrogen-bond acceptors (Lipinski definition) is 5. The van der Waals surface area contributed by atoms with Gasteiger partial charge in [-0.05, 0) is 43.7 Å². The van der Waals surface area contributed by atoms with Gasteiger partial charge >= 0.3 is 6.18 Å². The lowest BCUT2D eigenvalue weighted by Crippen LogP contribution is -2.26. The third kappa shape index (κ3) is 4.95. The average Bonchev–Trinajstić information content (AvgIpc) is 3.41. The van der Waals surface area contributed by atoms with Crippen LogP contribution in [0.5, 0.6) is 0 Å². The van der Waals surface area contributed by atoms with E-state index in [0.29, 0.717) is 22.1 Å². The Morgan fingerprint density at radius 1 is 1.32 bits per heavy atom. The molecule has 4 rings (SSSR count). The van der Waals surface area contributed by atoms with Gasteiger partial charge in [-0.1, -0.05) is 6.07 Å². The highest BCUT2D eigenvalue weighted by atomic mass is 32.2. The van der Waals surface area contributed by atoms with Crippen LogP contribution in [0.15, 0.2) is 35.6 Å². The van der Waals surface area contributed by atoms with E-state index in [2.05, 4.69) is 20.6 Å². The van der Waals surface area contributed by atoms with Crippen molar-refractivity contribution in [1.82, 2.24) is 19.7 Å². The number of amides is 1. The Bertz CT molecular complexity index is 1120. The molecule has 31 heavy (non-hydrogen) atoms. The van der Waals surface area contributed by atoms with E-state index >= 15 is 0 Å². The Balaban J connectivity index is 1.65. The van der Waals surface area contributed by atoms with Gasteiger partial charge in [-0.25, -0.2) is 9.97 Å². The fourth-order valence-electron chi connectivity index (χ4n) is 3.29. The summed E-state index contributed by atoms with van der Waals surface area (Å²) in [5.74, 6) is 0.231. The molecule has 0 aliphatic heterocycles. The van der Waals surface area contributed by atoms with Gasteiger partial charge in [0.1, 0.15) is 5.03 Å². The molecule has 1 fully saturated rings. The third-order valence-electron chi connectivity index (χ3n) is 5.06. The first kappa shape index (κ1) is 21.5. The van der Waals surface area contributed by atoms with Crippen molar-refractivity contribution in [3.8, 4) is 11.3 Å². The number of fused-ring (bicyclic) bond motifs is 1. The van der Waals surface area contributed by atoms with Gasteiger partial charge in [0.15, 0.2) is 11.5 Å². The zero-order valence-corrected chi connectivity index (χ0v) is 17.9. The molecule has 2 N–H and O–H groups in total. The molecule has 6 nitrogen and oxygen atoms in total. The second-order valence-corrected chi connectivity index (χ2v) is 8.36. The van der Waals surface area contributed by atoms with E-state index in [9.17, 15) is 18.0 Å². The predicted molar refractivity (Wildman–Crippen MR) is 115 cm³/mol. The second kappa shape index (κ2) is 8.41. The van der Waals surface area contributed by atoms with Gasteiger partial charge in [0.05, 0.1) is 18.3 Å². The molecule has 0 bridgehead atoms. The van der Waals surface area contributed by atoms with Crippen molar-refractivity contribution in [3.05, 3.63) is 41.7 Å². The number of aromatic nitrogens is 3. The van der Waals surface area contributed by atoms with Crippen LogP contribution in [0.25, 0.3) is 16.9 Å². The van der Waals surface area contributed by atoms with E-state index in [0.717, 1.165) is 29.7 Å². The number of nitrogens with zero attached hydrogens (tertiary/aromatic N) is 3. The van der Waals surface area contributed by atoms with Crippen molar-refractivity contribution in [1.29, 1.82) is 0 Å². The van der Waals surface area contributed by atoms with Crippen LogP contribution in [0.1, 0.15) is 35.2 Å². The highest BCUT2D eigenvalue weighted by Crippen LogP contribution is 2.29. The topological polar surface area (TPSA) is 71.3 Å². The van der Waals surface area contributed by atoms with Gasteiger partial charge in [-0.15, -0.1) is 11.8 Å². The molecule has 0 atom stereocenters. The standard InChI is InChI=1S/C21H22F3N5OS/c1-12-9-13(3-6-15(12)20(30)27-14-4-5-14)16-10-26-19-18(25-8-7-21(22,23)24)28-17(31-2)11-29(16)19/h3,6,9-11,14H,4-5,7-8H2,1-2H3,(H,25,28)(H,27,30). The number of aryl methyl sites for hydroxylation is 1. The smallest absolute Gasteiger partial charge is 0.367 e. The van der Waals surface area contributed by atoms with Crippen molar-refractivity contribution in [2.75, 3.05) is 18.1 Å². The van der Waals surface area contributed by atoms with E-state index in [-0.39, 0.29) is 18.5 Å². The molecule has 3 aromatic rings. The minimum Gasteiger partial charge on any atom is -0.367 e. The molecule has 164 valence electrons. The summed E-state index contributed by atoms with van der Waals surface area (Å²) in [6, 6.07) is 5.85. The zero-order valence-electron chi connectivity index (χ0n) is 17.1. The number of hydrogen-bond donors (Lipinski definition) is 2. The van der Waals surface area contributed by atoms with Crippen molar-refractivity contribution in [3.63, 3.8) is 0 Å². The largest absolute Gasteiger partial charge is 0.390 e. The number of carbonyl (C=O) groups excluding carboxylic acids is 1. The highest BCUT2D eigenvalue weighted by molar-refractivity contribution is 7.98. The Kier molecular flexibility index (Phi) is 5.83. The highest BCUT2D eigenvalue weighted by Gasteiger charge is 2.27. The number of rotatable bonds is 7. The third-order valence-corrected chi connectivity index (χ3v) is 5.67. The summed E-state index contributed by atoms with van der Waals surface area (Å²) in [6.45, 7) is 1.60. The molecule has 1 aromatic carbocycles. The lowest BCUT2D eigenvalue weighted by molar-refractivity contribution is -0.131. The second-order valence-electron chi connectivity index (χ2n) is 7.54. The van der Waals surface area contributed by atoms with Gasteiger partial charge in [0, 0.05) is 29.9 Å². The van der Waals surface area contributed by atoms with Crippen LogP contribution >= 0.6 is 11.8 Å². The maximum absolute atomic E-state index is 12.5. The minimum absolute atomic E-state index is 0.0743. The van der Waals surface area contributed by atoms with Crippen LogP contribution in [0.3, 0.4) is 0 Å². The van der Waals surface area contributed by atoms with Crippen LogP contribution in [0.2, 0.25) is 0 Å². The first-order chi connectivity index (χ1) is 14.7. The summed E-state index contributed by atoms with van der Waals surface area (Å²) in [5.41, 5.74) is 3.54. The number of nitrogens with one attached hydrogen (secondary N) is 2. The first-order valence-electron chi connectivity index (χ1n) is 9.90. The van der Waals surface area contributed by atoms with Crippen molar-refractivity contribution >= 4 is 29.1 Å². The molecular formula is C21H22F3N5OS. The van der Waals surface area contributed by atoms with E-state index in [4.69, 9.17) is 0 Å². The van der Waals surface area contributed by atoms with Crippen LogP contribution < -0.4 is 10.6 Å². The van der Waals surface area contributed by atoms with Gasteiger partial charge < -0.3 is 10.6 Å². The number of benzene rings is 1. The number of carbonyl (C=O) groups is 1. The fourth-order valence-corrected chi connectivity index (χ4v) is 3.68. The van der Waals surface area contributed by atoms with E-state index in [1.165, 1.54) is 11.8 Å². The van der Waals surface area contributed by atoms with Gasteiger partial charge in [0.2, 0.25) is 0 Å². The summed E-state index contributed by atoms with van der Waals surface area (Å²) in [4.78, 5) is 21.2. The maximum atomic E-state index is 12.5. The SMILES string of the molecule is CSc1cn2c(-c3ccc(C(=O)NC4CC4)c(C)c3)cnc2c(NCCC(F)(F)F)n1.